The molecule has 2 aliphatic heterocycles. The third-order valence-corrected chi connectivity index (χ3v) is 5.56. The molecule has 1 amide bonds. The molecule has 1 saturated heterocycles. The van der Waals surface area contributed by atoms with E-state index in [-0.39, 0.29) is 23.6 Å². The smallest absolute Gasteiger partial charge is 0.295 e. The Labute approximate surface area is 189 Å². The molecule has 10 nitrogen and oxygen atoms in total. The highest BCUT2D eigenvalue weighted by Gasteiger charge is 2.46. The number of nitro groups is 1. The van der Waals surface area contributed by atoms with Gasteiger partial charge in [0, 0.05) is 30.8 Å². The average Bonchev–Trinajstić information content (AvgIpc) is 3.06. The second-order valence-electron chi connectivity index (χ2n) is 8.00. The van der Waals surface area contributed by atoms with Crippen LogP contribution in [0.2, 0.25) is 0 Å². The lowest BCUT2D eigenvalue weighted by molar-refractivity contribution is -0.384. The number of fused-ring (bicyclic) bond motifs is 1. The van der Waals surface area contributed by atoms with Gasteiger partial charge in [-0.1, -0.05) is 0 Å². The van der Waals surface area contributed by atoms with Crippen molar-refractivity contribution in [3.63, 3.8) is 0 Å². The van der Waals surface area contributed by atoms with Gasteiger partial charge in [-0.3, -0.25) is 19.7 Å². The number of likely N-dealkylation sites (N-methyl/N-ethyl adjacent to an activating group) is 1. The van der Waals surface area contributed by atoms with Crippen molar-refractivity contribution < 1.29 is 29.1 Å². The van der Waals surface area contributed by atoms with Crippen LogP contribution in [0.15, 0.2) is 48.0 Å². The Morgan fingerprint density at radius 2 is 1.79 bits per heavy atom. The Kier molecular flexibility index (Phi) is 6.01. The van der Waals surface area contributed by atoms with E-state index in [9.17, 15) is 24.8 Å². The minimum atomic E-state index is -0.890. The molecule has 33 heavy (non-hydrogen) atoms. The Balaban J connectivity index is 1.81. The van der Waals surface area contributed by atoms with Gasteiger partial charge >= 0.3 is 0 Å². The fourth-order valence-electron chi connectivity index (χ4n) is 3.89. The lowest BCUT2D eigenvalue weighted by Crippen LogP contribution is -2.35. The molecule has 10 heteroatoms. The van der Waals surface area contributed by atoms with Crippen molar-refractivity contribution in [3.8, 4) is 11.5 Å². The predicted molar refractivity (Wildman–Crippen MR) is 118 cm³/mol. The fraction of sp³-hybridized carbons (Fsp3) is 0.304. The van der Waals surface area contributed by atoms with E-state index in [2.05, 4.69) is 0 Å². The van der Waals surface area contributed by atoms with Crippen LogP contribution in [0.4, 0.5) is 5.69 Å². The topological polar surface area (TPSA) is 122 Å². The lowest BCUT2D eigenvalue weighted by atomic mass is 9.95. The van der Waals surface area contributed by atoms with Crippen LogP contribution in [0.5, 0.6) is 11.5 Å². The summed E-state index contributed by atoms with van der Waals surface area (Å²) in [5.74, 6) is -0.944. The molecule has 0 saturated carbocycles. The summed E-state index contributed by atoms with van der Waals surface area (Å²) in [5.41, 5.74) is 0.592. The molecule has 2 heterocycles. The third kappa shape index (κ3) is 4.24. The van der Waals surface area contributed by atoms with E-state index >= 15 is 0 Å². The molecule has 1 atom stereocenters. The number of ether oxygens (including phenoxy) is 2. The lowest BCUT2D eigenvalue weighted by Gasteiger charge is -2.26. The summed E-state index contributed by atoms with van der Waals surface area (Å²) in [7, 11) is 3.68. The molecule has 4 rings (SSSR count). The summed E-state index contributed by atoms with van der Waals surface area (Å²) in [5, 5.41) is 22.2. The zero-order chi connectivity index (χ0) is 23.7. The molecule has 1 fully saturated rings. The van der Waals surface area contributed by atoms with E-state index in [4.69, 9.17) is 9.47 Å². The van der Waals surface area contributed by atoms with Gasteiger partial charge in [-0.25, -0.2) is 0 Å². The molecule has 0 unspecified atom stereocenters. The van der Waals surface area contributed by atoms with Gasteiger partial charge in [0.15, 0.2) is 11.5 Å². The van der Waals surface area contributed by atoms with Crippen molar-refractivity contribution in [3.05, 3.63) is 69.3 Å². The number of aliphatic hydroxyl groups excluding tert-OH is 1. The first kappa shape index (κ1) is 22.3. The molecular weight excluding hydrogens is 430 g/mol. The number of hydrogen-bond acceptors (Lipinski definition) is 8. The maximum absolute atomic E-state index is 13.0. The number of nitrogens with zero attached hydrogens (tertiary/aromatic N) is 3. The Hall–Kier alpha value is -3.92. The van der Waals surface area contributed by atoms with E-state index < -0.39 is 22.7 Å². The zero-order valence-corrected chi connectivity index (χ0v) is 18.2. The van der Waals surface area contributed by atoms with Crippen LogP contribution in [0, 0.1) is 10.1 Å². The molecule has 172 valence electrons. The molecule has 0 radical (unpaired) electrons. The number of carbonyl (C=O) groups excluding carboxylic acids is 2. The minimum Gasteiger partial charge on any atom is -0.507 e. The Morgan fingerprint density at radius 3 is 2.42 bits per heavy atom. The standard InChI is InChI=1S/C23H23N3O7/c1-24(2)9-10-25-20(14-3-6-16(7-4-14)26(30)31)19(22(28)23(25)29)21(27)15-5-8-17-18(13-15)33-12-11-32-17/h3-8,13,20,27H,9-12H2,1-2H3/t20-/m1/s1. The highest BCUT2D eigenvalue weighted by molar-refractivity contribution is 6.46. The normalized spacial score (nSPS) is 19.2. The van der Waals surface area contributed by atoms with Gasteiger partial charge in [0.2, 0.25) is 0 Å². The van der Waals surface area contributed by atoms with Gasteiger partial charge < -0.3 is 24.4 Å². The number of non-ortho nitro benzene ring substituents is 1. The summed E-state index contributed by atoms with van der Waals surface area (Å²) >= 11 is 0. The summed E-state index contributed by atoms with van der Waals surface area (Å²) in [6.45, 7) is 1.49. The van der Waals surface area contributed by atoms with Crippen LogP contribution >= 0.6 is 0 Å². The number of hydrogen-bond donors (Lipinski definition) is 1. The highest BCUT2D eigenvalue weighted by atomic mass is 16.6. The van der Waals surface area contributed by atoms with Gasteiger partial charge in [-0.15, -0.1) is 0 Å². The third-order valence-electron chi connectivity index (χ3n) is 5.56. The molecule has 0 bridgehead atoms. The first-order valence-electron chi connectivity index (χ1n) is 10.4. The van der Waals surface area contributed by atoms with Crippen LogP contribution in [-0.2, 0) is 9.59 Å². The summed E-state index contributed by atoms with van der Waals surface area (Å²) in [6, 6.07) is 9.50. The molecule has 2 aliphatic rings. The maximum atomic E-state index is 13.0. The number of rotatable bonds is 6. The van der Waals surface area contributed by atoms with Crippen LogP contribution in [-0.4, -0.2) is 71.9 Å². The first-order chi connectivity index (χ1) is 15.8. The van der Waals surface area contributed by atoms with Gasteiger partial charge in [-0.05, 0) is 50.0 Å². The van der Waals surface area contributed by atoms with Gasteiger partial charge in [0.05, 0.1) is 16.5 Å². The maximum Gasteiger partial charge on any atom is 0.295 e. The van der Waals surface area contributed by atoms with E-state index in [1.807, 2.05) is 19.0 Å². The number of nitro benzene ring substituents is 1. The zero-order valence-electron chi connectivity index (χ0n) is 18.2. The van der Waals surface area contributed by atoms with Crippen molar-refractivity contribution >= 4 is 23.1 Å². The number of likely N-dealkylation sites (tertiary alicyclic amines) is 1. The quantitative estimate of drug-likeness (QED) is 0.233. The second kappa shape index (κ2) is 8.91. The second-order valence-corrected chi connectivity index (χ2v) is 8.00. The summed E-state index contributed by atoms with van der Waals surface area (Å²) < 4.78 is 11.1. The molecule has 2 aromatic carbocycles. The van der Waals surface area contributed by atoms with Crippen molar-refractivity contribution in [1.29, 1.82) is 0 Å². The number of amides is 1. The van der Waals surface area contributed by atoms with Crippen LogP contribution in [0.3, 0.4) is 0 Å². The monoisotopic (exact) mass is 453 g/mol. The molecule has 2 aromatic rings. The molecule has 0 spiro atoms. The van der Waals surface area contributed by atoms with E-state index in [0.717, 1.165) is 0 Å². The van der Waals surface area contributed by atoms with Gasteiger partial charge in [-0.2, -0.15) is 0 Å². The van der Waals surface area contributed by atoms with Crippen molar-refractivity contribution in [1.82, 2.24) is 9.80 Å². The van der Waals surface area contributed by atoms with Crippen molar-refractivity contribution in [2.75, 3.05) is 40.4 Å². The average molecular weight is 453 g/mol. The van der Waals surface area contributed by atoms with Crippen LogP contribution in [0.25, 0.3) is 5.76 Å². The van der Waals surface area contributed by atoms with Crippen molar-refractivity contribution in [2.45, 2.75) is 6.04 Å². The van der Waals surface area contributed by atoms with Crippen molar-refractivity contribution in [2.24, 2.45) is 0 Å². The number of aliphatic hydroxyl groups is 1. The fourth-order valence-corrected chi connectivity index (χ4v) is 3.89. The Morgan fingerprint density at radius 1 is 1.12 bits per heavy atom. The largest absolute Gasteiger partial charge is 0.507 e. The Bertz CT molecular complexity index is 1140. The number of benzene rings is 2. The van der Waals surface area contributed by atoms with E-state index in [1.165, 1.54) is 29.2 Å². The van der Waals surface area contributed by atoms with Crippen LogP contribution in [0.1, 0.15) is 17.2 Å². The first-order valence-corrected chi connectivity index (χ1v) is 10.4. The molecule has 0 aromatic heterocycles. The molecule has 0 aliphatic carbocycles. The van der Waals surface area contributed by atoms with Gasteiger partial charge in [0.1, 0.15) is 19.0 Å². The van der Waals surface area contributed by atoms with E-state index in [1.54, 1.807) is 18.2 Å². The summed E-state index contributed by atoms with van der Waals surface area (Å²) in [6.07, 6.45) is 0. The predicted octanol–water partition coefficient (Wildman–Crippen LogP) is 2.35. The summed E-state index contributed by atoms with van der Waals surface area (Å²) in [4.78, 5) is 39.7. The van der Waals surface area contributed by atoms with Crippen LogP contribution < -0.4 is 9.47 Å². The number of carbonyl (C=O) groups is 2. The number of ketones is 1. The molecule has 1 N–H and O–H groups in total. The van der Waals surface area contributed by atoms with Gasteiger partial charge in [0.25, 0.3) is 17.4 Å². The number of Topliss-reactive ketones (excluding diaryl/α,β-unsaturated/α-hetero) is 1. The van der Waals surface area contributed by atoms with E-state index in [0.29, 0.717) is 42.4 Å². The highest BCUT2D eigenvalue weighted by Crippen LogP contribution is 2.41. The minimum absolute atomic E-state index is 0.0794. The SMILES string of the molecule is CN(C)CCN1C(=O)C(=O)C(=C(O)c2ccc3c(c2)OCCO3)[C@H]1c1ccc([N+](=O)[O-])cc1. The molecular formula is C23H23N3O7.